The van der Waals surface area contributed by atoms with Crippen LogP contribution in [0.2, 0.25) is 0 Å². The summed E-state index contributed by atoms with van der Waals surface area (Å²) >= 11 is 0. The van der Waals surface area contributed by atoms with Gasteiger partial charge >= 0.3 is 5.97 Å². The molecular weight excluding hydrogens is 589 g/mol. The average molecular weight is 628 g/mol. The van der Waals surface area contributed by atoms with E-state index in [1.165, 1.54) is 12.1 Å². The van der Waals surface area contributed by atoms with Crippen LogP contribution >= 0.6 is 0 Å². The zero-order valence-electron chi connectivity index (χ0n) is 25.8. The van der Waals surface area contributed by atoms with Gasteiger partial charge in [-0.25, -0.2) is 4.39 Å². The molecule has 1 aromatic heterocycles. The summed E-state index contributed by atoms with van der Waals surface area (Å²) in [5, 5.41) is 20.7. The number of rotatable bonds is 9. The lowest BCUT2D eigenvalue weighted by atomic mass is 9.93. The number of piperidine rings is 1. The highest BCUT2D eigenvalue weighted by molar-refractivity contribution is 6.13. The molecule has 0 radical (unpaired) electrons. The molecule has 240 valence electrons. The summed E-state index contributed by atoms with van der Waals surface area (Å²) in [4.78, 5) is 41.0. The number of hydrogen-bond donors (Lipinski definition) is 3. The topological polar surface area (TPSA) is 126 Å². The predicted octanol–water partition coefficient (Wildman–Crippen LogP) is 6.29. The summed E-state index contributed by atoms with van der Waals surface area (Å²) in [5.41, 5.74) is 3.07. The van der Waals surface area contributed by atoms with Gasteiger partial charge in [0.05, 0.1) is 29.4 Å². The first-order chi connectivity index (χ1) is 22.3. The van der Waals surface area contributed by atoms with E-state index < -0.39 is 24.1 Å². The Balaban J connectivity index is 1.32. The molecule has 0 spiro atoms. The van der Waals surface area contributed by atoms with Gasteiger partial charge < -0.3 is 25.4 Å². The number of benzene rings is 3. The van der Waals surface area contributed by atoms with Gasteiger partial charge in [-0.15, -0.1) is 0 Å². The number of carboxylic acids is 1. The SMILES string of the molecule is CC(C1CCOCC1)n1nc(C(=O)Nc2cc(C(=O)Nc3ccc(F)cc3CC(=O)O)ccc2N2CCCCC2)c2ccccc21. The van der Waals surface area contributed by atoms with Crippen molar-refractivity contribution in [1.29, 1.82) is 0 Å². The van der Waals surface area contributed by atoms with Crippen LogP contribution < -0.4 is 15.5 Å². The number of para-hydroxylation sites is 1. The Morgan fingerprint density at radius 3 is 2.46 bits per heavy atom. The van der Waals surface area contributed by atoms with Gasteiger partial charge in [0.1, 0.15) is 5.82 Å². The van der Waals surface area contributed by atoms with E-state index in [1.54, 1.807) is 12.1 Å². The van der Waals surface area contributed by atoms with E-state index in [2.05, 4.69) is 22.5 Å². The van der Waals surface area contributed by atoms with Crippen molar-refractivity contribution in [1.82, 2.24) is 9.78 Å². The molecule has 3 N–H and O–H groups in total. The third kappa shape index (κ3) is 6.74. The Labute approximate surface area is 266 Å². The first-order valence-electron chi connectivity index (χ1n) is 15.9. The second-order valence-electron chi connectivity index (χ2n) is 12.1. The predicted molar refractivity (Wildman–Crippen MR) is 174 cm³/mol. The number of amides is 2. The molecule has 11 heteroatoms. The van der Waals surface area contributed by atoms with E-state index in [0.717, 1.165) is 67.9 Å². The number of carbonyl (C=O) groups is 3. The molecule has 2 aliphatic rings. The molecule has 10 nitrogen and oxygen atoms in total. The van der Waals surface area contributed by atoms with Crippen molar-refractivity contribution in [3.63, 3.8) is 0 Å². The molecule has 6 rings (SSSR count). The molecule has 1 atom stereocenters. The fraction of sp³-hybridized carbons (Fsp3) is 0.371. The van der Waals surface area contributed by atoms with Crippen LogP contribution in [0, 0.1) is 11.7 Å². The first-order valence-corrected chi connectivity index (χ1v) is 15.9. The Kier molecular flexibility index (Phi) is 9.30. The van der Waals surface area contributed by atoms with Gasteiger partial charge in [0.25, 0.3) is 11.8 Å². The van der Waals surface area contributed by atoms with E-state index in [0.29, 0.717) is 30.5 Å². The minimum Gasteiger partial charge on any atom is -0.481 e. The zero-order chi connectivity index (χ0) is 32.2. The second kappa shape index (κ2) is 13.7. The molecule has 46 heavy (non-hydrogen) atoms. The summed E-state index contributed by atoms with van der Waals surface area (Å²) in [5.74, 6) is -2.26. The maximum Gasteiger partial charge on any atom is 0.307 e. The molecule has 0 saturated carbocycles. The lowest BCUT2D eigenvalue weighted by Gasteiger charge is -2.30. The quantitative estimate of drug-likeness (QED) is 0.199. The van der Waals surface area contributed by atoms with Gasteiger partial charge in [0.2, 0.25) is 0 Å². The average Bonchev–Trinajstić information content (AvgIpc) is 3.46. The fourth-order valence-corrected chi connectivity index (χ4v) is 6.52. The van der Waals surface area contributed by atoms with Gasteiger partial charge in [-0.1, -0.05) is 18.2 Å². The van der Waals surface area contributed by atoms with Crippen molar-refractivity contribution in [3.8, 4) is 0 Å². The molecule has 0 bridgehead atoms. The summed E-state index contributed by atoms with van der Waals surface area (Å²) in [6, 6.07) is 16.5. The number of halogens is 1. The molecule has 1 unspecified atom stereocenters. The number of nitrogens with one attached hydrogen (secondary N) is 2. The number of nitrogens with zero attached hydrogens (tertiary/aromatic N) is 3. The maximum atomic E-state index is 14.0. The largest absolute Gasteiger partial charge is 0.481 e. The lowest BCUT2D eigenvalue weighted by Crippen LogP contribution is -2.30. The molecule has 2 amide bonds. The highest BCUT2D eigenvalue weighted by Gasteiger charge is 2.27. The molecule has 2 saturated heterocycles. The third-order valence-corrected chi connectivity index (χ3v) is 9.02. The monoisotopic (exact) mass is 627 g/mol. The summed E-state index contributed by atoms with van der Waals surface area (Å²) in [7, 11) is 0. The van der Waals surface area contributed by atoms with Crippen molar-refractivity contribution in [3.05, 3.63) is 83.3 Å². The van der Waals surface area contributed by atoms with Gasteiger partial charge in [-0.05, 0) is 93.0 Å². The molecule has 4 aromatic rings. The fourth-order valence-electron chi connectivity index (χ4n) is 6.52. The molecule has 2 fully saturated rings. The van der Waals surface area contributed by atoms with Gasteiger partial charge in [0, 0.05) is 42.9 Å². The number of aromatic nitrogens is 2. The Hall–Kier alpha value is -4.77. The molecule has 3 heterocycles. The highest BCUT2D eigenvalue weighted by atomic mass is 19.1. The number of carbonyl (C=O) groups excluding carboxylic acids is 2. The van der Waals surface area contributed by atoms with Gasteiger partial charge in [0.15, 0.2) is 5.69 Å². The highest BCUT2D eigenvalue weighted by Crippen LogP contribution is 2.34. The number of carboxylic acid groups (broad SMARTS) is 1. The number of fused-ring (bicyclic) bond motifs is 1. The van der Waals surface area contributed by atoms with E-state index in [9.17, 15) is 23.9 Å². The number of anilines is 3. The van der Waals surface area contributed by atoms with E-state index in [1.807, 2.05) is 35.0 Å². The van der Waals surface area contributed by atoms with Crippen LogP contribution in [0.5, 0.6) is 0 Å². The Morgan fingerprint density at radius 2 is 1.70 bits per heavy atom. The minimum absolute atomic E-state index is 0.0729. The molecule has 3 aromatic carbocycles. The van der Waals surface area contributed by atoms with Crippen LogP contribution in [0.15, 0.2) is 60.7 Å². The number of aliphatic carboxylic acids is 1. The molecule has 0 aliphatic carbocycles. The third-order valence-electron chi connectivity index (χ3n) is 9.02. The molecule has 2 aliphatic heterocycles. The van der Waals surface area contributed by atoms with Crippen LogP contribution in [-0.2, 0) is 16.0 Å². The standard InChI is InChI=1S/C35H38FN5O5/c1-22(23-13-17-46-18-14-23)41-30-8-4-3-7-27(30)33(39-41)35(45)38-29-20-24(9-12-31(29)40-15-5-2-6-16-40)34(44)37-28-11-10-26(36)19-25(28)21-32(42)43/h3-4,7-12,19-20,22-23H,2,5-6,13-18,21H2,1H3,(H,37,44)(H,38,45)(H,42,43). The summed E-state index contributed by atoms with van der Waals surface area (Å²) < 4.78 is 21.4. The van der Waals surface area contributed by atoms with Crippen molar-refractivity contribution in [2.75, 3.05) is 41.8 Å². The minimum atomic E-state index is -1.14. The van der Waals surface area contributed by atoms with E-state index >= 15 is 0 Å². The lowest BCUT2D eigenvalue weighted by molar-refractivity contribution is -0.136. The Bertz CT molecular complexity index is 1760. The van der Waals surface area contributed by atoms with E-state index in [-0.39, 0.29) is 28.8 Å². The number of hydrogen-bond acceptors (Lipinski definition) is 6. The van der Waals surface area contributed by atoms with Crippen LogP contribution in [-0.4, -0.2) is 59.0 Å². The zero-order valence-corrected chi connectivity index (χ0v) is 25.8. The van der Waals surface area contributed by atoms with Crippen LogP contribution in [0.1, 0.15) is 71.5 Å². The summed E-state index contributed by atoms with van der Waals surface area (Å²) in [6.45, 7) is 5.21. The number of ether oxygens (including phenoxy) is 1. The Morgan fingerprint density at radius 1 is 0.957 bits per heavy atom. The van der Waals surface area contributed by atoms with Crippen molar-refractivity contribution < 1.29 is 28.6 Å². The van der Waals surface area contributed by atoms with Crippen LogP contribution in [0.4, 0.5) is 21.5 Å². The smallest absolute Gasteiger partial charge is 0.307 e. The van der Waals surface area contributed by atoms with Crippen molar-refractivity contribution >= 4 is 45.7 Å². The van der Waals surface area contributed by atoms with E-state index in [4.69, 9.17) is 9.84 Å². The van der Waals surface area contributed by atoms with Crippen molar-refractivity contribution in [2.45, 2.75) is 51.5 Å². The van der Waals surface area contributed by atoms with Gasteiger partial charge in [-0.3, -0.25) is 19.1 Å². The van der Waals surface area contributed by atoms with Crippen LogP contribution in [0.25, 0.3) is 10.9 Å². The second-order valence-corrected chi connectivity index (χ2v) is 12.1. The first kappa shape index (κ1) is 31.2. The molecular formula is C35H38FN5O5. The summed E-state index contributed by atoms with van der Waals surface area (Å²) in [6.07, 6.45) is 4.58. The maximum absolute atomic E-state index is 14.0. The van der Waals surface area contributed by atoms with Gasteiger partial charge in [-0.2, -0.15) is 5.10 Å². The normalized spacial score (nSPS) is 16.3. The van der Waals surface area contributed by atoms with Crippen LogP contribution in [0.3, 0.4) is 0 Å². The van der Waals surface area contributed by atoms with Crippen molar-refractivity contribution in [2.24, 2.45) is 5.92 Å².